The fourth-order valence-corrected chi connectivity index (χ4v) is 3.02. The van der Waals surface area contributed by atoms with Gasteiger partial charge in [-0.2, -0.15) is 0 Å². The predicted octanol–water partition coefficient (Wildman–Crippen LogP) is 4.24. The van der Waals surface area contributed by atoms with Crippen molar-refractivity contribution < 1.29 is 0 Å². The van der Waals surface area contributed by atoms with Crippen molar-refractivity contribution >= 4 is 41.3 Å². The molecule has 6 heteroatoms. The number of aliphatic imine (C=N–C) groups is 1. The molecule has 0 aliphatic carbocycles. The van der Waals surface area contributed by atoms with E-state index in [4.69, 9.17) is 0 Å². The quantitative estimate of drug-likeness (QED) is 0.387. The van der Waals surface area contributed by atoms with Gasteiger partial charge >= 0.3 is 0 Å². The number of nitrogens with zero attached hydrogens (tertiary/aromatic N) is 2. The zero-order valence-electron chi connectivity index (χ0n) is 14.8. The second kappa shape index (κ2) is 10.7. The van der Waals surface area contributed by atoms with E-state index in [2.05, 4.69) is 65.6 Å². The number of benzene rings is 1. The summed E-state index contributed by atoms with van der Waals surface area (Å²) >= 11 is 1.66. The van der Waals surface area contributed by atoms with Crippen molar-refractivity contribution in [2.45, 2.75) is 40.2 Å². The van der Waals surface area contributed by atoms with E-state index in [-0.39, 0.29) is 24.0 Å². The summed E-state index contributed by atoms with van der Waals surface area (Å²) in [6, 6.07) is 8.68. The number of halogens is 1. The molecule has 1 aromatic heterocycles. The third-order valence-electron chi connectivity index (χ3n) is 3.76. The fraction of sp³-hybridized carbons (Fsp3) is 0.444. The Hall–Kier alpha value is -1.15. The van der Waals surface area contributed by atoms with E-state index in [0.717, 1.165) is 24.7 Å². The molecule has 0 bridgehead atoms. The van der Waals surface area contributed by atoms with Gasteiger partial charge in [-0.05, 0) is 32.3 Å². The summed E-state index contributed by atoms with van der Waals surface area (Å²) in [5.74, 6) is 1.30. The summed E-state index contributed by atoms with van der Waals surface area (Å²) in [5, 5.41) is 6.75. The van der Waals surface area contributed by atoms with Crippen molar-refractivity contribution in [2.75, 3.05) is 13.1 Å². The molecular formula is C18H27IN4S. The lowest BCUT2D eigenvalue weighted by molar-refractivity contribution is 0.699. The second-order valence-electron chi connectivity index (χ2n) is 5.75. The highest BCUT2D eigenvalue weighted by Crippen LogP contribution is 2.16. The van der Waals surface area contributed by atoms with Gasteiger partial charge in [0.15, 0.2) is 5.96 Å². The van der Waals surface area contributed by atoms with Gasteiger partial charge in [-0.1, -0.05) is 36.8 Å². The zero-order valence-corrected chi connectivity index (χ0v) is 17.9. The molecule has 4 nitrogen and oxygen atoms in total. The summed E-state index contributed by atoms with van der Waals surface area (Å²) in [5.41, 5.74) is 5.60. The van der Waals surface area contributed by atoms with Gasteiger partial charge in [0, 0.05) is 18.0 Å². The minimum atomic E-state index is 0. The average molecular weight is 458 g/mol. The van der Waals surface area contributed by atoms with E-state index in [9.17, 15) is 0 Å². The molecule has 1 atom stereocenters. The monoisotopic (exact) mass is 458 g/mol. The van der Waals surface area contributed by atoms with Gasteiger partial charge in [0.1, 0.15) is 0 Å². The highest BCUT2D eigenvalue weighted by atomic mass is 127. The van der Waals surface area contributed by atoms with E-state index in [1.165, 1.54) is 16.0 Å². The molecule has 0 amide bonds. The van der Waals surface area contributed by atoms with Gasteiger partial charge in [-0.15, -0.1) is 35.3 Å². The Bertz CT molecular complexity index is 654. The summed E-state index contributed by atoms with van der Waals surface area (Å²) in [6.45, 7) is 10.9. The van der Waals surface area contributed by atoms with Crippen LogP contribution in [0.3, 0.4) is 0 Å². The first kappa shape index (κ1) is 20.9. The number of rotatable bonds is 6. The van der Waals surface area contributed by atoms with Crippen LogP contribution in [0.2, 0.25) is 0 Å². The Kier molecular flexibility index (Phi) is 9.28. The average Bonchev–Trinajstić information content (AvgIpc) is 2.95. The molecule has 2 N–H and O–H groups in total. The molecule has 24 heavy (non-hydrogen) atoms. The first-order chi connectivity index (χ1) is 11.1. The molecule has 2 rings (SSSR count). The van der Waals surface area contributed by atoms with Gasteiger partial charge < -0.3 is 10.6 Å². The number of aromatic nitrogens is 1. The highest BCUT2D eigenvalue weighted by Gasteiger charge is 2.07. The van der Waals surface area contributed by atoms with Crippen LogP contribution in [0.5, 0.6) is 0 Å². The molecule has 1 heterocycles. The molecule has 2 aromatic rings. The van der Waals surface area contributed by atoms with E-state index < -0.39 is 0 Å². The van der Waals surface area contributed by atoms with Gasteiger partial charge in [-0.3, -0.25) is 0 Å². The molecule has 1 unspecified atom stereocenters. The van der Waals surface area contributed by atoms with Crippen molar-refractivity contribution in [3.05, 3.63) is 51.5 Å². The molecule has 1 aromatic carbocycles. The maximum Gasteiger partial charge on any atom is 0.191 e. The molecule has 0 saturated heterocycles. The molecule has 0 spiro atoms. The van der Waals surface area contributed by atoms with Crippen LogP contribution in [0.25, 0.3) is 0 Å². The van der Waals surface area contributed by atoms with Crippen LogP contribution in [0.1, 0.15) is 41.5 Å². The summed E-state index contributed by atoms with van der Waals surface area (Å²) in [7, 11) is 0. The Labute approximate surface area is 166 Å². The maximum atomic E-state index is 4.66. The highest BCUT2D eigenvalue weighted by molar-refractivity contribution is 14.0. The molecule has 0 aliphatic rings. The molecular weight excluding hydrogens is 431 g/mol. The fourth-order valence-electron chi connectivity index (χ4n) is 2.31. The number of thiazole rings is 1. The standard InChI is InChI=1S/C18H26N4S.HI/c1-5-19-18(21-11-17-15(4)22-12-23-17)20-10-14(3)16-8-6-7-13(2)9-16;/h6-9,12,14H,5,10-11H2,1-4H3,(H2,19,20,21);1H. The Morgan fingerprint density at radius 1 is 1.29 bits per heavy atom. The van der Waals surface area contributed by atoms with Crippen molar-refractivity contribution in [1.29, 1.82) is 0 Å². The smallest absolute Gasteiger partial charge is 0.191 e. The number of hydrogen-bond acceptors (Lipinski definition) is 3. The Morgan fingerprint density at radius 3 is 2.71 bits per heavy atom. The number of hydrogen-bond donors (Lipinski definition) is 2. The van der Waals surface area contributed by atoms with Crippen LogP contribution in [-0.4, -0.2) is 24.0 Å². The third-order valence-corrected chi connectivity index (χ3v) is 4.68. The van der Waals surface area contributed by atoms with Crippen molar-refractivity contribution in [3.63, 3.8) is 0 Å². The first-order valence-corrected chi connectivity index (χ1v) is 8.95. The largest absolute Gasteiger partial charge is 0.357 e. The maximum absolute atomic E-state index is 4.66. The van der Waals surface area contributed by atoms with Crippen molar-refractivity contribution in [1.82, 2.24) is 15.6 Å². The molecule has 0 saturated carbocycles. The lowest BCUT2D eigenvalue weighted by Gasteiger charge is -2.16. The summed E-state index contributed by atoms with van der Waals surface area (Å²) in [6.07, 6.45) is 0. The normalized spacial score (nSPS) is 12.4. The van der Waals surface area contributed by atoms with Crippen LogP contribution in [0.15, 0.2) is 34.8 Å². The predicted molar refractivity (Wildman–Crippen MR) is 115 cm³/mol. The van der Waals surface area contributed by atoms with E-state index in [0.29, 0.717) is 12.5 Å². The van der Waals surface area contributed by atoms with Crippen LogP contribution < -0.4 is 10.6 Å². The van der Waals surface area contributed by atoms with Crippen LogP contribution in [0, 0.1) is 13.8 Å². The minimum absolute atomic E-state index is 0. The van der Waals surface area contributed by atoms with E-state index >= 15 is 0 Å². The van der Waals surface area contributed by atoms with Gasteiger partial charge in [0.05, 0.1) is 17.7 Å². The molecule has 0 radical (unpaired) electrons. The summed E-state index contributed by atoms with van der Waals surface area (Å²) < 4.78 is 0. The van der Waals surface area contributed by atoms with Crippen molar-refractivity contribution in [3.8, 4) is 0 Å². The molecule has 0 aliphatic heterocycles. The zero-order chi connectivity index (χ0) is 16.7. The lowest BCUT2D eigenvalue weighted by atomic mass is 9.99. The first-order valence-electron chi connectivity index (χ1n) is 8.07. The molecule has 0 fully saturated rings. The van der Waals surface area contributed by atoms with E-state index in [1.54, 1.807) is 11.3 Å². The summed E-state index contributed by atoms with van der Waals surface area (Å²) in [4.78, 5) is 10.2. The number of nitrogens with one attached hydrogen (secondary N) is 2. The topological polar surface area (TPSA) is 49.3 Å². The van der Waals surface area contributed by atoms with Crippen LogP contribution in [-0.2, 0) is 6.54 Å². The van der Waals surface area contributed by atoms with Gasteiger partial charge in [0.2, 0.25) is 0 Å². The van der Waals surface area contributed by atoms with Gasteiger partial charge in [-0.25, -0.2) is 9.98 Å². The number of guanidine groups is 1. The van der Waals surface area contributed by atoms with Gasteiger partial charge in [0.25, 0.3) is 0 Å². The third kappa shape index (κ3) is 6.39. The van der Waals surface area contributed by atoms with Crippen molar-refractivity contribution in [2.24, 2.45) is 4.99 Å². The molecule has 132 valence electrons. The minimum Gasteiger partial charge on any atom is -0.357 e. The second-order valence-corrected chi connectivity index (χ2v) is 6.69. The lowest BCUT2D eigenvalue weighted by Crippen LogP contribution is -2.39. The number of aryl methyl sites for hydroxylation is 2. The Morgan fingerprint density at radius 2 is 2.08 bits per heavy atom. The Balaban J connectivity index is 0.00000288. The SMILES string of the molecule is CCNC(=NCc1scnc1C)NCC(C)c1cccc(C)c1.I. The van der Waals surface area contributed by atoms with Crippen LogP contribution in [0.4, 0.5) is 0 Å². The van der Waals surface area contributed by atoms with Crippen LogP contribution >= 0.6 is 35.3 Å². The van der Waals surface area contributed by atoms with E-state index in [1.807, 2.05) is 12.4 Å².